The maximum atomic E-state index is 12.9. The maximum Gasteiger partial charge on any atom is 0.262 e. The number of ether oxygens (including phenoxy) is 3. The number of nitrogens with zero attached hydrogens (tertiary/aromatic N) is 3. The molecule has 0 bridgehead atoms. The minimum atomic E-state index is -0.236. The molecule has 34 heavy (non-hydrogen) atoms. The lowest BCUT2D eigenvalue weighted by molar-refractivity contribution is -0.118. The molecule has 3 aromatic rings. The van der Waals surface area contributed by atoms with Crippen LogP contribution in [-0.2, 0) is 16.1 Å². The molecule has 2 aromatic carbocycles. The van der Waals surface area contributed by atoms with Gasteiger partial charge in [0.1, 0.15) is 11.5 Å². The molecule has 0 radical (unpaired) electrons. The van der Waals surface area contributed by atoms with Gasteiger partial charge in [-0.3, -0.25) is 14.2 Å². The number of methoxy groups -OCH3 is 1. The highest BCUT2D eigenvalue weighted by Gasteiger charge is 2.23. The summed E-state index contributed by atoms with van der Waals surface area (Å²) in [6.07, 6.45) is 2.10. The molecule has 1 N–H and O–H groups in total. The number of aromatic nitrogens is 3. The fraction of sp³-hybridized carbons (Fsp3) is 0.333. The SMILES string of the molecule is COc1ccc(-c2nnc(SCC(=O)c3ccc4c(c3)NC(=O)CO4)n2C[C@H]2CCCO2)cc1. The van der Waals surface area contributed by atoms with Gasteiger partial charge < -0.3 is 19.5 Å². The van der Waals surface area contributed by atoms with Crippen molar-refractivity contribution < 1.29 is 23.8 Å². The first-order valence-electron chi connectivity index (χ1n) is 11.0. The van der Waals surface area contributed by atoms with E-state index >= 15 is 0 Å². The summed E-state index contributed by atoms with van der Waals surface area (Å²) in [5.41, 5.74) is 1.92. The number of Topliss-reactive ketones (excluding diaryl/α,β-unsaturated/α-hetero) is 1. The third-order valence-corrected chi connectivity index (χ3v) is 6.71. The Kier molecular flexibility index (Phi) is 6.50. The molecular formula is C24H24N4O5S. The van der Waals surface area contributed by atoms with Gasteiger partial charge >= 0.3 is 0 Å². The van der Waals surface area contributed by atoms with Crippen molar-refractivity contribution in [3.05, 3.63) is 48.0 Å². The Hall–Kier alpha value is -3.37. The normalized spacial score (nSPS) is 17.1. The van der Waals surface area contributed by atoms with Crippen molar-refractivity contribution in [1.29, 1.82) is 0 Å². The molecule has 1 amide bonds. The molecule has 0 saturated carbocycles. The molecule has 0 spiro atoms. The molecule has 10 heteroatoms. The molecule has 3 heterocycles. The van der Waals surface area contributed by atoms with Crippen LogP contribution in [0.3, 0.4) is 0 Å². The zero-order chi connectivity index (χ0) is 23.5. The first kappa shape index (κ1) is 22.4. The third-order valence-electron chi connectivity index (χ3n) is 5.74. The van der Waals surface area contributed by atoms with Crippen LogP contribution < -0.4 is 14.8 Å². The average Bonchev–Trinajstić information content (AvgIpc) is 3.52. The van der Waals surface area contributed by atoms with E-state index in [9.17, 15) is 9.59 Å². The van der Waals surface area contributed by atoms with Crippen molar-refractivity contribution in [2.45, 2.75) is 30.6 Å². The number of thioether (sulfide) groups is 1. The Morgan fingerprint density at radius 2 is 2.09 bits per heavy atom. The van der Waals surface area contributed by atoms with E-state index in [1.54, 1.807) is 25.3 Å². The van der Waals surface area contributed by atoms with Crippen molar-refractivity contribution >= 4 is 29.1 Å². The van der Waals surface area contributed by atoms with Crippen molar-refractivity contribution in [2.75, 3.05) is 31.4 Å². The summed E-state index contributed by atoms with van der Waals surface area (Å²) in [6.45, 7) is 1.35. The van der Waals surface area contributed by atoms with Crippen LogP contribution in [0, 0.1) is 0 Å². The quantitative estimate of drug-likeness (QED) is 0.386. The molecule has 0 aliphatic carbocycles. The van der Waals surface area contributed by atoms with Gasteiger partial charge in [0, 0.05) is 17.7 Å². The summed E-state index contributed by atoms with van der Waals surface area (Å²) in [5.74, 6) is 1.91. The van der Waals surface area contributed by atoms with Gasteiger partial charge in [0.2, 0.25) is 0 Å². The minimum absolute atomic E-state index is 0.0208. The molecule has 1 aromatic heterocycles. The predicted octanol–water partition coefficient (Wildman–Crippen LogP) is 3.44. The van der Waals surface area contributed by atoms with Crippen molar-refractivity contribution in [2.24, 2.45) is 0 Å². The van der Waals surface area contributed by atoms with Crippen molar-refractivity contribution in [3.63, 3.8) is 0 Å². The molecule has 9 nitrogen and oxygen atoms in total. The summed E-state index contributed by atoms with van der Waals surface area (Å²) in [5, 5.41) is 12.2. The van der Waals surface area contributed by atoms with Gasteiger partial charge in [-0.2, -0.15) is 0 Å². The number of amides is 1. The Bertz CT molecular complexity index is 1200. The van der Waals surface area contributed by atoms with Crippen LogP contribution in [0.25, 0.3) is 11.4 Å². The number of carbonyl (C=O) groups excluding carboxylic acids is 2. The van der Waals surface area contributed by atoms with Crippen LogP contribution in [-0.4, -0.2) is 58.6 Å². The molecule has 1 atom stereocenters. The molecule has 1 fully saturated rings. The van der Waals surface area contributed by atoms with E-state index < -0.39 is 0 Å². The topological polar surface area (TPSA) is 105 Å². The van der Waals surface area contributed by atoms with E-state index in [4.69, 9.17) is 14.2 Å². The van der Waals surface area contributed by atoms with E-state index in [1.807, 2.05) is 28.8 Å². The molecule has 2 aliphatic heterocycles. The summed E-state index contributed by atoms with van der Waals surface area (Å²) in [4.78, 5) is 24.5. The van der Waals surface area contributed by atoms with Crippen molar-refractivity contribution in [3.8, 4) is 22.9 Å². The van der Waals surface area contributed by atoms with E-state index in [-0.39, 0.29) is 30.2 Å². The molecule has 2 aliphatic rings. The predicted molar refractivity (Wildman–Crippen MR) is 127 cm³/mol. The maximum absolute atomic E-state index is 12.9. The number of fused-ring (bicyclic) bond motifs is 1. The Balaban J connectivity index is 1.35. The van der Waals surface area contributed by atoms with Gasteiger partial charge in [-0.1, -0.05) is 11.8 Å². The first-order chi connectivity index (χ1) is 16.6. The zero-order valence-corrected chi connectivity index (χ0v) is 19.5. The second-order valence-corrected chi connectivity index (χ2v) is 8.98. The minimum Gasteiger partial charge on any atom is -0.497 e. The molecular weight excluding hydrogens is 456 g/mol. The number of hydrogen-bond donors (Lipinski definition) is 1. The lowest BCUT2D eigenvalue weighted by Crippen LogP contribution is -2.25. The van der Waals surface area contributed by atoms with Crippen LogP contribution in [0.1, 0.15) is 23.2 Å². The van der Waals surface area contributed by atoms with Gasteiger partial charge in [-0.15, -0.1) is 10.2 Å². The summed E-state index contributed by atoms with van der Waals surface area (Å²) in [7, 11) is 1.63. The summed E-state index contributed by atoms with van der Waals surface area (Å²) in [6, 6.07) is 12.7. The second kappa shape index (κ2) is 9.86. The van der Waals surface area contributed by atoms with Crippen LogP contribution >= 0.6 is 11.8 Å². The van der Waals surface area contributed by atoms with E-state index in [0.717, 1.165) is 36.6 Å². The Labute approximate surface area is 200 Å². The van der Waals surface area contributed by atoms with E-state index in [0.29, 0.717) is 28.7 Å². The fourth-order valence-electron chi connectivity index (χ4n) is 3.98. The van der Waals surface area contributed by atoms with Gasteiger partial charge in [0.05, 0.1) is 31.2 Å². The van der Waals surface area contributed by atoms with Gasteiger partial charge in [-0.25, -0.2) is 0 Å². The van der Waals surface area contributed by atoms with Crippen LogP contribution in [0.15, 0.2) is 47.6 Å². The number of hydrogen-bond acceptors (Lipinski definition) is 8. The number of nitrogens with one attached hydrogen (secondary N) is 1. The lowest BCUT2D eigenvalue weighted by atomic mass is 10.1. The number of anilines is 1. The monoisotopic (exact) mass is 480 g/mol. The molecule has 5 rings (SSSR count). The highest BCUT2D eigenvalue weighted by molar-refractivity contribution is 7.99. The Morgan fingerprint density at radius 1 is 1.24 bits per heavy atom. The largest absolute Gasteiger partial charge is 0.497 e. The van der Waals surface area contributed by atoms with Crippen molar-refractivity contribution in [1.82, 2.24) is 14.8 Å². The fourth-order valence-corrected chi connectivity index (χ4v) is 4.82. The number of benzene rings is 2. The zero-order valence-electron chi connectivity index (χ0n) is 18.7. The second-order valence-electron chi connectivity index (χ2n) is 8.04. The smallest absolute Gasteiger partial charge is 0.262 e. The number of carbonyl (C=O) groups is 2. The average molecular weight is 481 g/mol. The number of ketones is 1. The third kappa shape index (κ3) is 4.78. The summed E-state index contributed by atoms with van der Waals surface area (Å²) < 4.78 is 18.5. The molecule has 0 unspecified atom stereocenters. The van der Waals surface area contributed by atoms with Gasteiger partial charge in [-0.05, 0) is 55.3 Å². The summed E-state index contributed by atoms with van der Waals surface area (Å²) >= 11 is 1.34. The van der Waals surface area contributed by atoms with Crippen LogP contribution in [0.5, 0.6) is 11.5 Å². The standard InChI is InChI=1S/C24H24N4O5S/c1-31-17-7-4-15(5-8-17)23-26-27-24(28(23)12-18-3-2-10-32-18)34-14-20(29)16-6-9-21-19(11-16)25-22(30)13-33-21/h4-9,11,18H,2-3,10,12-14H2,1H3,(H,25,30)/t18-/m1/s1. The van der Waals surface area contributed by atoms with Crippen LogP contribution in [0.2, 0.25) is 0 Å². The first-order valence-corrected chi connectivity index (χ1v) is 12.0. The highest BCUT2D eigenvalue weighted by Crippen LogP contribution is 2.31. The lowest BCUT2D eigenvalue weighted by Gasteiger charge is -2.18. The molecule has 176 valence electrons. The molecule has 1 saturated heterocycles. The van der Waals surface area contributed by atoms with Gasteiger partial charge in [0.15, 0.2) is 23.4 Å². The van der Waals surface area contributed by atoms with Gasteiger partial charge in [0.25, 0.3) is 5.91 Å². The van der Waals surface area contributed by atoms with E-state index in [1.165, 1.54) is 11.8 Å². The highest BCUT2D eigenvalue weighted by atomic mass is 32.2. The van der Waals surface area contributed by atoms with Crippen LogP contribution in [0.4, 0.5) is 5.69 Å². The van der Waals surface area contributed by atoms with E-state index in [2.05, 4.69) is 15.5 Å². The number of rotatable bonds is 8. The Morgan fingerprint density at radius 3 is 2.85 bits per heavy atom.